The normalized spacial score (nSPS) is 18.7. The van der Waals surface area contributed by atoms with E-state index < -0.39 is 5.54 Å². The second kappa shape index (κ2) is 5.29. The van der Waals surface area contributed by atoms with E-state index >= 15 is 0 Å². The first-order chi connectivity index (χ1) is 6.69. The number of amides is 1. The van der Waals surface area contributed by atoms with E-state index in [0.717, 1.165) is 19.3 Å². The van der Waals surface area contributed by atoms with Crippen LogP contribution in [0.1, 0.15) is 19.3 Å². The number of rotatable bonds is 6. The molecule has 0 aromatic heterocycles. The number of aliphatic hydroxyl groups is 1. The lowest BCUT2D eigenvalue weighted by atomic mass is 9.77. The molecule has 5 heteroatoms. The third-order valence-electron chi connectivity index (χ3n) is 2.47. The maximum Gasteiger partial charge on any atom is 0.240 e. The zero-order valence-corrected chi connectivity index (χ0v) is 8.29. The highest BCUT2D eigenvalue weighted by Crippen LogP contribution is 2.28. The maximum atomic E-state index is 11.4. The number of carbonyl (C=O) groups is 1. The van der Waals surface area contributed by atoms with E-state index in [0.29, 0.717) is 19.8 Å². The van der Waals surface area contributed by atoms with Crippen LogP contribution < -0.4 is 11.1 Å². The third-order valence-corrected chi connectivity index (χ3v) is 2.47. The predicted molar refractivity (Wildman–Crippen MR) is 51.7 cm³/mol. The lowest BCUT2D eigenvalue weighted by molar-refractivity contribution is -0.129. The molecule has 1 rings (SSSR count). The molecule has 0 unspecified atom stereocenters. The molecule has 5 nitrogen and oxygen atoms in total. The van der Waals surface area contributed by atoms with E-state index in [2.05, 4.69) is 5.32 Å². The molecule has 0 heterocycles. The van der Waals surface area contributed by atoms with E-state index in [1.165, 1.54) is 0 Å². The quantitative estimate of drug-likeness (QED) is 0.482. The summed E-state index contributed by atoms with van der Waals surface area (Å²) >= 11 is 0. The van der Waals surface area contributed by atoms with Gasteiger partial charge in [-0.15, -0.1) is 0 Å². The summed E-state index contributed by atoms with van der Waals surface area (Å²) in [5, 5.41) is 11.1. The van der Waals surface area contributed by atoms with Gasteiger partial charge in [-0.2, -0.15) is 0 Å². The Kier molecular flexibility index (Phi) is 4.31. The lowest BCUT2D eigenvalue weighted by Crippen LogP contribution is -2.58. The molecule has 1 fully saturated rings. The number of hydrogen-bond donors (Lipinski definition) is 3. The SMILES string of the molecule is NC1(C(=O)NCCOCCO)CCC1. The molecule has 82 valence electrons. The van der Waals surface area contributed by atoms with Crippen molar-refractivity contribution >= 4 is 5.91 Å². The molecule has 0 bridgehead atoms. The molecule has 1 aliphatic carbocycles. The van der Waals surface area contributed by atoms with E-state index in [1.807, 2.05) is 0 Å². The van der Waals surface area contributed by atoms with E-state index in [1.54, 1.807) is 0 Å². The number of aliphatic hydroxyl groups excluding tert-OH is 1. The largest absolute Gasteiger partial charge is 0.394 e. The summed E-state index contributed by atoms with van der Waals surface area (Å²) in [6.45, 7) is 1.19. The molecule has 0 spiro atoms. The molecule has 1 saturated carbocycles. The Morgan fingerprint density at radius 3 is 2.71 bits per heavy atom. The van der Waals surface area contributed by atoms with Gasteiger partial charge in [-0.3, -0.25) is 4.79 Å². The van der Waals surface area contributed by atoms with Gasteiger partial charge in [-0.25, -0.2) is 0 Å². The fraction of sp³-hybridized carbons (Fsp3) is 0.889. The summed E-state index contributed by atoms with van der Waals surface area (Å²) in [6, 6.07) is 0. The van der Waals surface area contributed by atoms with Crippen molar-refractivity contribution in [2.45, 2.75) is 24.8 Å². The fourth-order valence-corrected chi connectivity index (χ4v) is 1.36. The first-order valence-electron chi connectivity index (χ1n) is 4.95. The highest BCUT2D eigenvalue weighted by Gasteiger charge is 2.39. The number of ether oxygens (including phenoxy) is 1. The molecule has 4 N–H and O–H groups in total. The zero-order valence-electron chi connectivity index (χ0n) is 8.29. The minimum atomic E-state index is -0.628. The van der Waals surface area contributed by atoms with Crippen molar-refractivity contribution in [3.8, 4) is 0 Å². The standard InChI is InChI=1S/C9H18N2O3/c10-9(2-1-3-9)8(13)11-4-6-14-7-5-12/h12H,1-7,10H2,(H,11,13). The number of hydrogen-bond acceptors (Lipinski definition) is 4. The highest BCUT2D eigenvalue weighted by molar-refractivity contribution is 5.86. The van der Waals surface area contributed by atoms with Crippen molar-refractivity contribution < 1.29 is 14.6 Å². The molecular weight excluding hydrogens is 184 g/mol. The Labute approximate surface area is 83.6 Å². The minimum absolute atomic E-state index is 0.00870. The molecular formula is C9H18N2O3. The number of carbonyl (C=O) groups excluding carboxylic acids is 1. The van der Waals surface area contributed by atoms with Gasteiger partial charge in [0.15, 0.2) is 0 Å². The van der Waals surface area contributed by atoms with Gasteiger partial charge in [0.1, 0.15) is 0 Å². The molecule has 0 saturated heterocycles. The van der Waals surface area contributed by atoms with Crippen LogP contribution in [0.3, 0.4) is 0 Å². The van der Waals surface area contributed by atoms with E-state index in [9.17, 15) is 4.79 Å². The summed E-state index contributed by atoms with van der Waals surface area (Å²) in [5.74, 6) is -0.0867. The first-order valence-corrected chi connectivity index (χ1v) is 4.95. The summed E-state index contributed by atoms with van der Waals surface area (Å²) in [4.78, 5) is 11.4. The van der Waals surface area contributed by atoms with Gasteiger partial charge in [0.2, 0.25) is 5.91 Å². The monoisotopic (exact) mass is 202 g/mol. The van der Waals surface area contributed by atoms with Crippen molar-refractivity contribution in [3.05, 3.63) is 0 Å². The maximum absolute atomic E-state index is 11.4. The smallest absolute Gasteiger partial charge is 0.240 e. The Balaban J connectivity index is 2.03. The van der Waals surface area contributed by atoms with Crippen molar-refractivity contribution in [2.75, 3.05) is 26.4 Å². The van der Waals surface area contributed by atoms with Gasteiger partial charge in [0, 0.05) is 6.54 Å². The summed E-state index contributed by atoms with van der Waals surface area (Å²) in [5.41, 5.74) is 5.17. The van der Waals surface area contributed by atoms with Crippen LogP contribution >= 0.6 is 0 Å². The molecule has 0 atom stereocenters. The van der Waals surface area contributed by atoms with Crippen molar-refractivity contribution in [1.29, 1.82) is 0 Å². The first kappa shape index (κ1) is 11.4. The lowest BCUT2D eigenvalue weighted by Gasteiger charge is -2.36. The van der Waals surface area contributed by atoms with Gasteiger partial charge >= 0.3 is 0 Å². The van der Waals surface area contributed by atoms with Gasteiger partial charge in [0.25, 0.3) is 0 Å². The molecule has 0 radical (unpaired) electrons. The molecule has 14 heavy (non-hydrogen) atoms. The van der Waals surface area contributed by atoms with Crippen LogP contribution in [-0.4, -0.2) is 42.9 Å². The number of nitrogens with one attached hydrogen (secondary N) is 1. The fourth-order valence-electron chi connectivity index (χ4n) is 1.36. The third kappa shape index (κ3) is 2.94. The average molecular weight is 202 g/mol. The molecule has 0 aromatic rings. The summed E-state index contributed by atoms with van der Waals surface area (Å²) in [7, 11) is 0. The van der Waals surface area contributed by atoms with E-state index in [-0.39, 0.29) is 12.5 Å². The Bertz CT molecular complexity index is 192. The molecule has 1 aliphatic rings. The van der Waals surface area contributed by atoms with Crippen molar-refractivity contribution in [1.82, 2.24) is 5.32 Å². The van der Waals surface area contributed by atoms with Crippen LogP contribution in [0.15, 0.2) is 0 Å². The molecule has 1 amide bonds. The van der Waals surface area contributed by atoms with Crippen LogP contribution in [0.25, 0.3) is 0 Å². The van der Waals surface area contributed by atoms with Gasteiger partial charge in [-0.1, -0.05) is 0 Å². The Hall–Kier alpha value is -0.650. The molecule has 0 aliphatic heterocycles. The summed E-state index contributed by atoms with van der Waals surface area (Å²) < 4.78 is 4.99. The van der Waals surface area contributed by atoms with Gasteiger partial charge in [-0.05, 0) is 19.3 Å². The topological polar surface area (TPSA) is 84.6 Å². The Morgan fingerprint density at radius 1 is 1.50 bits per heavy atom. The van der Waals surface area contributed by atoms with Crippen LogP contribution in [0.2, 0.25) is 0 Å². The highest BCUT2D eigenvalue weighted by atomic mass is 16.5. The van der Waals surface area contributed by atoms with Crippen LogP contribution in [0.5, 0.6) is 0 Å². The average Bonchev–Trinajstić information content (AvgIpc) is 2.13. The van der Waals surface area contributed by atoms with Crippen LogP contribution in [0, 0.1) is 0 Å². The van der Waals surface area contributed by atoms with Crippen molar-refractivity contribution in [3.63, 3.8) is 0 Å². The minimum Gasteiger partial charge on any atom is -0.394 e. The molecule has 0 aromatic carbocycles. The van der Waals surface area contributed by atoms with Gasteiger partial charge in [0.05, 0.1) is 25.4 Å². The van der Waals surface area contributed by atoms with E-state index in [4.69, 9.17) is 15.6 Å². The van der Waals surface area contributed by atoms with Crippen LogP contribution in [0.4, 0.5) is 0 Å². The second-order valence-corrected chi connectivity index (χ2v) is 3.60. The Morgan fingerprint density at radius 2 is 2.21 bits per heavy atom. The summed E-state index contributed by atoms with van der Waals surface area (Å²) in [6.07, 6.45) is 2.58. The van der Waals surface area contributed by atoms with Crippen molar-refractivity contribution in [2.24, 2.45) is 5.73 Å². The number of nitrogens with two attached hydrogens (primary N) is 1. The zero-order chi connectivity index (χ0) is 10.4. The second-order valence-electron chi connectivity index (χ2n) is 3.60. The predicted octanol–water partition coefficient (Wildman–Crippen LogP) is -1.01. The van der Waals surface area contributed by atoms with Gasteiger partial charge < -0.3 is 20.9 Å². The van der Waals surface area contributed by atoms with Crippen LogP contribution in [-0.2, 0) is 9.53 Å².